The van der Waals surface area contributed by atoms with Gasteiger partial charge in [0.15, 0.2) is 0 Å². The van der Waals surface area contributed by atoms with Crippen LogP contribution in [-0.2, 0) is 4.79 Å². The lowest BCUT2D eigenvalue weighted by Crippen LogP contribution is -2.47. The van der Waals surface area contributed by atoms with E-state index in [9.17, 15) is 9.59 Å². The second kappa shape index (κ2) is 5.21. The number of likely N-dealkylation sites (tertiary alicyclic amines) is 1. The van der Waals surface area contributed by atoms with Crippen molar-refractivity contribution in [2.45, 2.75) is 57.0 Å². The molecule has 6 nitrogen and oxygen atoms in total. The fourth-order valence-corrected chi connectivity index (χ4v) is 5.05. The van der Waals surface area contributed by atoms with Gasteiger partial charge in [0.1, 0.15) is 11.4 Å². The molecule has 3 atom stereocenters. The topological polar surface area (TPSA) is 65.0 Å². The Balaban J connectivity index is 1.47. The Morgan fingerprint density at radius 1 is 1.26 bits per heavy atom. The van der Waals surface area contributed by atoms with Gasteiger partial charge in [-0.25, -0.2) is 4.79 Å². The highest BCUT2D eigenvalue weighted by Gasteiger charge is 2.60. The van der Waals surface area contributed by atoms with Crippen molar-refractivity contribution >= 4 is 17.8 Å². The molecule has 126 valence electrons. The first-order valence-electron chi connectivity index (χ1n) is 8.91. The molecule has 0 radical (unpaired) electrons. The van der Waals surface area contributed by atoms with Crippen LogP contribution in [0.2, 0.25) is 0 Å². The van der Waals surface area contributed by atoms with Crippen molar-refractivity contribution in [1.29, 1.82) is 0 Å². The van der Waals surface area contributed by atoms with Gasteiger partial charge in [0.25, 0.3) is 5.91 Å². The van der Waals surface area contributed by atoms with Crippen molar-refractivity contribution in [3.05, 3.63) is 0 Å². The molecule has 0 unspecified atom stereocenters. The number of amidine groups is 1. The van der Waals surface area contributed by atoms with E-state index < -0.39 is 5.54 Å². The van der Waals surface area contributed by atoms with E-state index in [-0.39, 0.29) is 17.9 Å². The summed E-state index contributed by atoms with van der Waals surface area (Å²) < 4.78 is 0. The predicted molar refractivity (Wildman–Crippen MR) is 87.2 cm³/mol. The number of nitrogens with zero attached hydrogens (tertiary/aromatic N) is 3. The van der Waals surface area contributed by atoms with Crippen LogP contribution in [0.4, 0.5) is 4.79 Å². The highest BCUT2D eigenvalue weighted by molar-refractivity contribution is 6.07. The number of rotatable bonds is 1. The van der Waals surface area contributed by atoms with Crippen LogP contribution in [0.1, 0.15) is 45.4 Å². The zero-order chi connectivity index (χ0) is 16.2. The number of amides is 3. The molecule has 2 heterocycles. The average molecular weight is 318 g/mol. The Hall–Kier alpha value is -1.59. The van der Waals surface area contributed by atoms with Gasteiger partial charge in [-0.3, -0.25) is 9.79 Å². The van der Waals surface area contributed by atoms with Crippen LogP contribution in [0.15, 0.2) is 4.99 Å². The van der Waals surface area contributed by atoms with Gasteiger partial charge in [-0.15, -0.1) is 0 Å². The molecule has 0 aromatic carbocycles. The van der Waals surface area contributed by atoms with Crippen LogP contribution < -0.4 is 5.32 Å². The Morgan fingerprint density at radius 2 is 2.00 bits per heavy atom. The molecule has 0 aromatic rings. The van der Waals surface area contributed by atoms with E-state index in [2.05, 4.69) is 5.32 Å². The number of urea groups is 1. The molecular formula is C17H26N4O2. The summed E-state index contributed by atoms with van der Waals surface area (Å²) in [6, 6.07) is 0.400. The van der Waals surface area contributed by atoms with Gasteiger partial charge in [0, 0.05) is 32.1 Å². The van der Waals surface area contributed by atoms with Gasteiger partial charge in [0.05, 0.1) is 0 Å². The molecule has 2 saturated carbocycles. The van der Waals surface area contributed by atoms with E-state index in [1.807, 2.05) is 18.9 Å². The smallest absolute Gasteiger partial charge is 0.317 e. The Morgan fingerprint density at radius 3 is 2.65 bits per heavy atom. The first kappa shape index (κ1) is 15.0. The molecule has 1 saturated heterocycles. The van der Waals surface area contributed by atoms with E-state index in [0.717, 1.165) is 38.1 Å². The SMILES string of the molecule is CC1=N[C@]2(CC[C@H]3CN(C(=O)NC4CCCC4)C[C@H]32)C(=O)N1C. The highest BCUT2D eigenvalue weighted by Crippen LogP contribution is 2.50. The normalized spacial score (nSPS) is 37.0. The first-order chi connectivity index (χ1) is 11.0. The van der Waals surface area contributed by atoms with Crippen molar-refractivity contribution < 1.29 is 9.59 Å². The molecular weight excluding hydrogens is 292 g/mol. The van der Waals surface area contributed by atoms with E-state index >= 15 is 0 Å². The van der Waals surface area contributed by atoms with Crippen molar-refractivity contribution in [2.75, 3.05) is 20.1 Å². The van der Waals surface area contributed by atoms with E-state index in [0.29, 0.717) is 18.5 Å². The number of hydrogen-bond acceptors (Lipinski definition) is 3. The maximum Gasteiger partial charge on any atom is 0.317 e. The second-order valence-corrected chi connectivity index (χ2v) is 7.69. The van der Waals surface area contributed by atoms with Crippen molar-refractivity contribution in [3.8, 4) is 0 Å². The summed E-state index contributed by atoms with van der Waals surface area (Å²) >= 11 is 0. The number of nitrogens with one attached hydrogen (secondary N) is 1. The maximum absolute atomic E-state index is 12.7. The van der Waals surface area contributed by atoms with Crippen LogP contribution in [0.25, 0.3) is 0 Å². The molecule has 2 aliphatic heterocycles. The minimum Gasteiger partial charge on any atom is -0.335 e. The predicted octanol–water partition coefficient (Wildman–Crippen LogP) is 1.61. The van der Waals surface area contributed by atoms with Gasteiger partial charge in [-0.1, -0.05) is 12.8 Å². The highest BCUT2D eigenvalue weighted by atomic mass is 16.2. The molecule has 1 spiro atoms. The molecule has 4 aliphatic rings. The number of carbonyl (C=O) groups excluding carboxylic acids is 2. The summed E-state index contributed by atoms with van der Waals surface area (Å²) in [6.07, 6.45) is 6.46. The first-order valence-corrected chi connectivity index (χ1v) is 8.91. The van der Waals surface area contributed by atoms with Crippen LogP contribution >= 0.6 is 0 Å². The lowest BCUT2D eigenvalue weighted by atomic mass is 9.85. The number of hydrogen-bond donors (Lipinski definition) is 1. The Labute approximate surface area is 137 Å². The van der Waals surface area contributed by atoms with Gasteiger partial charge >= 0.3 is 6.03 Å². The van der Waals surface area contributed by atoms with Crippen molar-refractivity contribution in [2.24, 2.45) is 16.8 Å². The summed E-state index contributed by atoms with van der Waals surface area (Å²) in [7, 11) is 1.81. The molecule has 3 fully saturated rings. The van der Waals surface area contributed by atoms with E-state index in [1.165, 1.54) is 12.8 Å². The minimum atomic E-state index is -0.591. The van der Waals surface area contributed by atoms with Gasteiger partial charge in [-0.05, 0) is 38.5 Å². The fourth-order valence-electron chi connectivity index (χ4n) is 5.05. The third-order valence-corrected chi connectivity index (χ3v) is 6.44. The van der Waals surface area contributed by atoms with Crippen LogP contribution in [0, 0.1) is 11.8 Å². The van der Waals surface area contributed by atoms with Gasteiger partial charge in [0.2, 0.25) is 0 Å². The van der Waals surface area contributed by atoms with E-state index in [4.69, 9.17) is 4.99 Å². The minimum absolute atomic E-state index is 0.0564. The van der Waals surface area contributed by atoms with Crippen LogP contribution in [0.5, 0.6) is 0 Å². The van der Waals surface area contributed by atoms with Crippen LogP contribution in [0.3, 0.4) is 0 Å². The molecule has 1 N–H and O–H groups in total. The molecule has 6 heteroatoms. The molecule has 3 amide bonds. The summed E-state index contributed by atoms with van der Waals surface area (Å²) in [5, 5.41) is 3.17. The number of carbonyl (C=O) groups is 2. The third-order valence-electron chi connectivity index (χ3n) is 6.44. The molecule has 0 bridgehead atoms. The van der Waals surface area contributed by atoms with Gasteiger partial charge in [-0.2, -0.15) is 0 Å². The average Bonchev–Trinajstić information content (AvgIpc) is 3.25. The number of fused-ring (bicyclic) bond motifs is 2. The molecule has 2 aliphatic carbocycles. The summed E-state index contributed by atoms with van der Waals surface area (Å²) in [6.45, 7) is 3.34. The number of likely N-dealkylation sites (N-methyl/N-ethyl adjacent to an activating group) is 1. The quantitative estimate of drug-likeness (QED) is 0.798. The van der Waals surface area contributed by atoms with Crippen LogP contribution in [-0.4, -0.2) is 59.3 Å². The Bertz CT molecular complexity index is 569. The summed E-state index contributed by atoms with van der Waals surface area (Å²) in [5.74, 6) is 1.53. The number of aliphatic imine (C=N–C) groups is 1. The van der Waals surface area contributed by atoms with Crippen molar-refractivity contribution in [3.63, 3.8) is 0 Å². The van der Waals surface area contributed by atoms with Gasteiger partial charge < -0.3 is 15.1 Å². The fraction of sp³-hybridized carbons (Fsp3) is 0.824. The summed E-state index contributed by atoms with van der Waals surface area (Å²) in [4.78, 5) is 33.6. The lowest BCUT2D eigenvalue weighted by molar-refractivity contribution is -0.131. The molecule has 23 heavy (non-hydrogen) atoms. The van der Waals surface area contributed by atoms with Crippen molar-refractivity contribution in [1.82, 2.24) is 15.1 Å². The monoisotopic (exact) mass is 318 g/mol. The lowest BCUT2D eigenvalue weighted by Gasteiger charge is -2.27. The second-order valence-electron chi connectivity index (χ2n) is 7.69. The third kappa shape index (κ3) is 2.17. The van der Waals surface area contributed by atoms with E-state index in [1.54, 1.807) is 4.90 Å². The maximum atomic E-state index is 12.7. The Kier molecular flexibility index (Phi) is 3.39. The largest absolute Gasteiger partial charge is 0.335 e. The summed E-state index contributed by atoms with van der Waals surface area (Å²) in [5.41, 5.74) is -0.591. The standard InChI is InChI=1S/C17H26N4O2/c1-11-19-17(15(22)20(11)2)8-7-12-9-21(10-14(12)17)16(23)18-13-5-3-4-6-13/h12-14H,3-10H2,1-2H3,(H,18,23)/t12-,14+,17-/m0/s1. The molecule has 4 rings (SSSR count). The zero-order valence-corrected chi connectivity index (χ0v) is 14.0. The zero-order valence-electron chi connectivity index (χ0n) is 14.0. The molecule has 0 aromatic heterocycles.